The molecule has 7 heteroatoms. The van der Waals surface area contributed by atoms with Gasteiger partial charge in [0.25, 0.3) is 5.91 Å². The number of ether oxygens (including phenoxy) is 1. The van der Waals surface area contributed by atoms with Crippen molar-refractivity contribution >= 4 is 28.8 Å². The number of halogens is 1. The lowest BCUT2D eigenvalue weighted by Gasteiger charge is -2.35. The maximum atomic E-state index is 12.6. The van der Waals surface area contributed by atoms with Gasteiger partial charge in [0.15, 0.2) is 6.10 Å². The van der Waals surface area contributed by atoms with Crippen molar-refractivity contribution in [3.8, 4) is 11.8 Å². The van der Waals surface area contributed by atoms with Gasteiger partial charge in [0.1, 0.15) is 5.75 Å². The number of hydrogen-bond acceptors (Lipinski definition) is 5. The molecule has 1 unspecified atom stereocenters. The number of amides is 1. The third-order valence-electron chi connectivity index (χ3n) is 4.34. The summed E-state index contributed by atoms with van der Waals surface area (Å²) >= 11 is 7.58. The van der Waals surface area contributed by atoms with E-state index in [-0.39, 0.29) is 5.91 Å². The fourth-order valence-electron chi connectivity index (χ4n) is 2.90. The summed E-state index contributed by atoms with van der Waals surface area (Å²) in [5.41, 5.74) is 0.569. The van der Waals surface area contributed by atoms with Crippen LogP contribution in [0.25, 0.3) is 0 Å². The van der Waals surface area contributed by atoms with E-state index in [1.54, 1.807) is 42.5 Å². The molecule has 1 aliphatic heterocycles. The predicted octanol–water partition coefficient (Wildman–Crippen LogP) is 3.38. The zero-order chi connectivity index (χ0) is 18.5. The van der Waals surface area contributed by atoms with E-state index in [0.717, 1.165) is 24.0 Å². The highest BCUT2D eigenvalue weighted by atomic mass is 35.5. The van der Waals surface area contributed by atoms with E-state index in [2.05, 4.69) is 17.0 Å². The molecule has 1 fully saturated rings. The molecule has 0 N–H and O–H groups in total. The van der Waals surface area contributed by atoms with E-state index < -0.39 is 6.10 Å². The summed E-state index contributed by atoms with van der Waals surface area (Å²) in [6, 6.07) is 12.8. The van der Waals surface area contributed by atoms with Crippen molar-refractivity contribution in [2.24, 2.45) is 0 Å². The molecule has 1 aromatic carbocycles. The van der Waals surface area contributed by atoms with Crippen LogP contribution in [0.5, 0.6) is 5.75 Å². The quantitative estimate of drug-likeness (QED) is 0.786. The highest BCUT2D eigenvalue weighted by Crippen LogP contribution is 2.23. The second kappa shape index (κ2) is 8.54. The predicted molar refractivity (Wildman–Crippen MR) is 102 cm³/mol. The van der Waals surface area contributed by atoms with Crippen molar-refractivity contribution in [2.75, 3.05) is 26.2 Å². The van der Waals surface area contributed by atoms with Crippen LogP contribution in [0.15, 0.2) is 36.4 Å². The van der Waals surface area contributed by atoms with Crippen molar-refractivity contribution in [1.29, 1.82) is 5.26 Å². The molecule has 0 bridgehead atoms. The summed E-state index contributed by atoms with van der Waals surface area (Å²) in [6.07, 6.45) is -0.550. The Labute approximate surface area is 162 Å². The summed E-state index contributed by atoms with van der Waals surface area (Å²) in [4.78, 5) is 18.0. The number of thiophene rings is 1. The number of rotatable bonds is 5. The van der Waals surface area contributed by atoms with Crippen LogP contribution in [0.3, 0.4) is 0 Å². The van der Waals surface area contributed by atoms with Crippen molar-refractivity contribution in [3.63, 3.8) is 0 Å². The van der Waals surface area contributed by atoms with E-state index in [1.165, 1.54) is 4.88 Å². The van der Waals surface area contributed by atoms with Crippen LogP contribution in [0.4, 0.5) is 0 Å². The first kappa shape index (κ1) is 18.7. The maximum Gasteiger partial charge on any atom is 0.263 e. The smallest absolute Gasteiger partial charge is 0.263 e. The Morgan fingerprint density at radius 1 is 1.23 bits per heavy atom. The Balaban J connectivity index is 1.48. The zero-order valence-corrected chi connectivity index (χ0v) is 16.1. The molecule has 0 radical (unpaired) electrons. The van der Waals surface area contributed by atoms with Gasteiger partial charge in [-0.3, -0.25) is 9.69 Å². The van der Waals surface area contributed by atoms with Crippen LogP contribution in [0.1, 0.15) is 17.4 Å². The Hall–Kier alpha value is -2.07. The molecule has 2 aromatic rings. The maximum absolute atomic E-state index is 12.6. The molecular weight excluding hydrogens is 370 g/mol. The largest absolute Gasteiger partial charge is 0.481 e. The summed E-state index contributed by atoms with van der Waals surface area (Å²) in [7, 11) is 0. The van der Waals surface area contributed by atoms with Crippen molar-refractivity contribution < 1.29 is 9.53 Å². The molecule has 0 aliphatic carbocycles. The first-order valence-electron chi connectivity index (χ1n) is 8.47. The van der Waals surface area contributed by atoms with Gasteiger partial charge in [0.2, 0.25) is 0 Å². The number of benzene rings is 1. The second-order valence-corrected chi connectivity index (χ2v) is 8.00. The van der Waals surface area contributed by atoms with Gasteiger partial charge in [-0.15, -0.1) is 11.3 Å². The third-order valence-corrected chi connectivity index (χ3v) is 5.55. The van der Waals surface area contributed by atoms with E-state index in [9.17, 15) is 4.79 Å². The normalized spacial score (nSPS) is 16.1. The summed E-state index contributed by atoms with van der Waals surface area (Å²) in [6.45, 7) is 5.70. The van der Waals surface area contributed by atoms with Gasteiger partial charge < -0.3 is 9.64 Å². The van der Waals surface area contributed by atoms with Crippen LogP contribution in [-0.2, 0) is 11.3 Å². The summed E-state index contributed by atoms with van der Waals surface area (Å²) in [5, 5.41) is 8.82. The van der Waals surface area contributed by atoms with Gasteiger partial charge in [-0.25, -0.2) is 0 Å². The lowest BCUT2D eigenvalue weighted by Crippen LogP contribution is -2.51. The lowest BCUT2D eigenvalue weighted by atomic mass is 10.2. The molecule has 1 amide bonds. The van der Waals surface area contributed by atoms with Crippen LogP contribution in [-0.4, -0.2) is 48.0 Å². The molecule has 3 rings (SSSR count). The highest BCUT2D eigenvalue weighted by molar-refractivity contribution is 7.16. The van der Waals surface area contributed by atoms with Gasteiger partial charge in [0, 0.05) is 37.6 Å². The topological polar surface area (TPSA) is 56.6 Å². The van der Waals surface area contributed by atoms with Gasteiger partial charge in [-0.05, 0) is 43.3 Å². The number of carbonyl (C=O) groups is 1. The molecule has 26 heavy (non-hydrogen) atoms. The highest BCUT2D eigenvalue weighted by Gasteiger charge is 2.26. The Kier molecular flexibility index (Phi) is 6.15. The van der Waals surface area contributed by atoms with E-state index in [1.807, 2.05) is 11.0 Å². The molecular formula is C19H20ClN3O2S. The number of piperazine rings is 1. The first-order valence-corrected chi connectivity index (χ1v) is 9.67. The van der Waals surface area contributed by atoms with Crippen LogP contribution >= 0.6 is 22.9 Å². The number of nitrogens with zero attached hydrogens (tertiary/aromatic N) is 3. The fourth-order valence-corrected chi connectivity index (χ4v) is 4.03. The number of hydrogen-bond donors (Lipinski definition) is 0. The Morgan fingerprint density at radius 3 is 2.50 bits per heavy atom. The SMILES string of the molecule is CC(Oc1ccc(C#N)cc1)C(=O)N1CCN(Cc2ccc(Cl)s2)CC1. The first-order chi connectivity index (χ1) is 12.5. The molecule has 0 saturated carbocycles. The standard InChI is InChI=1S/C19H20ClN3O2S/c1-14(25-16-4-2-15(12-21)3-5-16)19(24)23-10-8-22(9-11-23)13-17-6-7-18(20)26-17/h2-7,14H,8-11,13H2,1H3. The van der Waals surface area contributed by atoms with Crippen LogP contribution in [0, 0.1) is 11.3 Å². The zero-order valence-electron chi connectivity index (χ0n) is 14.5. The lowest BCUT2D eigenvalue weighted by molar-refractivity contribution is -0.139. The molecule has 2 heterocycles. The van der Waals surface area contributed by atoms with Gasteiger partial charge in [-0.1, -0.05) is 11.6 Å². The molecule has 1 aliphatic rings. The van der Waals surface area contributed by atoms with Gasteiger partial charge >= 0.3 is 0 Å². The third kappa shape index (κ3) is 4.76. The van der Waals surface area contributed by atoms with Crippen molar-refractivity contribution in [3.05, 3.63) is 51.2 Å². The number of nitriles is 1. The average Bonchev–Trinajstić information content (AvgIpc) is 3.07. The Bertz CT molecular complexity index is 792. The molecule has 136 valence electrons. The minimum Gasteiger partial charge on any atom is -0.481 e. The molecule has 0 spiro atoms. The monoisotopic (exact) mass is 389 g/mol. The van der Waals surface area contributed by atoms with Crippen LogP contribution in [0.2, 0.25) is 4.34 Å². The minimum atomic E-state index is -0.550. The minimum absolute atomic E-state index is 0.00632. The number of carbonyl (C=O) groups excluding carboxylic acids is 1. The van der Waals surface area contributed by atoms with Gasteiger partial charge in [0.05, 0.1) is 16.0 Å². The Morgan fingerprint density at radius 2 is 1.92 bits per heavy atom. The second-order valence-electron chi connectivity index (χ2n) is 6.20. The van der Waals surface area contributed by atoms with Crippen molar-refractivity contribution in [2.45, 2.75) is 19.6 Å². The molecule has 1 aromatic heterocycles. The summed E-state index contributed by atoms with van der Waals surface area (Å²) < 4.78 is 6.53. The van der Waals surface area contributed by atoms with Crippen LogP contribution < -0.4 is 4.74 Å². The van der Waals surface area contributed by atoms with Crippen molar-refractivity contribution in [1.82, 2.24) is 9.80 Å². The summed E-state index contributed by atoms with van der Waals surface area (Å²) in [5.74, 6) is 0.589. The van der Waals surface area contributed by atoms with E-state index in [4.69, 9.17) is 21.6 Å². The molecule has 1 atom stereocenters. The van der Waals surface area contributed by atoms with Gasteiger partial charge in [-0.2, -0.15) is 5.26 Å². The van der Waals surface area contributed by atoms with E-state index >= 15 is 0 Å². The average molecular weight is 390 g/mol. The molecule has 1 saturated heterocycles. The van der Waals surface area contributed by atoms with E-state index in [0.29, 0.717) is 24.4 Å². The molecule has 5 nitrogen and oxygen atoms in total. The fraction of sp³-hybridized carbons (Fsp3) is 0.368.